The summed E-state index contributed by atoms with van der Waals surface area (Å²) in [4.78, 5) is 0. The molecule has 0 aliphatic heterocycles. The molecule has 1 atom stereocenters. The van der Waals surface area contributed by atoms with Gasteiger partial charge in [0.15, 0.2) is 0 Å². The van der Waals surface area contributed by atoms with Gasteiger partial charge in [0.05, 0.1) is 6.10 Å². The minimum absolute atomic E-state index is 0.246. The number of hydrogen-bond acceptors (Lipinski definition) is 2. The van der Waals surface area contributed by atoms with E-state index in [1.807, 2.05) is 13.8 Å². The van der Waals surface area contributed by atoms with E-state index < -0.39 is 0 Å². The molecular formula is C15H23NO. The Morgan fingerprint density at radius 2 is 2.00 bits per heavy atom. The van der Waals surface area contributed by atoms with Crippen LogP contribution in [0.3, 0.4) is 0 Å². The van der Waals surface area contributed by atoms with Crippen molar-refractivity contribution in [2.24, 2.45) is 5.92 Å². The van der Waals surface area contributed by atoms with Gasteiger partial charge in [-0.15, -0.1) is 0 Å². The SMILES string of the molecule is CC(C)C(O)CNCc1ccc2c(c1)CCC2. The van der Waals surface area contributed by atoms with Crippen LogP contribution in [0, 0.1) is 5.92 Å². The molecule has 1 unspecified atom stereocenters. The first-order chi connectivity index (χ1) is 8.16. The number of aryl methyl sites for hydroxylation is 2. The van der Waals surface area contributed by atoms with Crippen LogP contribution in [0.15, 0.2) is 18.2 Å². The molecule has 2 nitrogen and oxygen atoms in total. The summed E-state index contributed by atoms with van der Waals surface area (Å²) in [6.07, 6.45) is 3.54. The van der Waals surface area contributed by atoms with Crippen LogP contribution in [0.5, 0.6) is 0 Å². The van der Waals surface area contributed by atoms with Gasteiger partial charge in [-0.25, -0.2) is 0 Å². The van der Waals surface area contributed by atoms with Gasteiger partial charge < -0.3 is 10.4 Å². The predicted molar refractivity (Wildman–Crippen MR) is 71.0 cm³/mol. The zero-order valence-corrected chi connectivity index (χ0v) is 10.9. The molecule has 0 saturated carbocycles. The van der Waals surface area contributed by atoms with Crippen molar-refractivity contribution in [3.8, 4) is 0 Å². The van der Waals surface area contributed by atoms with E-state index in [9.17, 15) is 5.11 Å². The molecule has 0 fully saturated rings. The first-order valence-corrected chi connectivity index (χ1v) is 6.66. The largest absolute Gasteiger partial charge is 0.392 e. The van der Waals surface area contributed by atoms with Crippen molar-refractivity contribution in [3.05, 3.63) is 34.9 Å². The molecule has 94 valence electrons. The summed E-state index contributed by atoms with van der Waals surface area (Å²) in [7, 11) is 0. The molecule has 2 rings (SSSR count). The highest BCUT2D eigenvalue weighted by Crippen LogP contribution is 2.22. The molecule has 0 amide bonds. The fourth-order valence-corrected chi connectivity index (χ4v) is 2.34. The molecule has 2 heteroatoms. The Morgan fingerprint density at radius 3 is 2.76 bits per heavy atom. The van der Waals surface area contributed by atoms with Crippen LogP contribution in [-0.2, 0) is 19.4 Å². The van der Waals surface area contributed by atoms with Gasteiger partial charge in [0.1, 0.15) is 0 Å². The standard InChI is InChI=1S/C15H23NO/c1-11(2)15(17)10-16-9-12-6-7-13-4-3-5-14(13)8-12/h6-8,11,15-17H,3-5,9-10H2,1-2H3. The Balaban J connectivity index is 1.83. The average Bonchev–Trinajstić information content (AvgIpc) is 2.75. The second-order valence-electron chi connectivity index (χ2n) is 5.40. The smallest absolute Gasteiger partial charge is 0.0687 e. The van der Waals surface area contributed by atoms with Crippen LogP contribution in [-0.4, -0.2) is 17.8 Å². The van der Waals surface area contributed by atoms with Gasteiger partial charge in [-0.1, -0.05) is 32.0 Å². The third kappa shape index (κ3) is 3.30. The maximum absolute atomic E-state index is 9.70. The Labute approximate surface area is 104 Å². The van der Waals surface area contributed by atoms with Gasteiger partial charge in [-0.3, -0.25) is 0 Å². The van der Waals surface area contributed by atoms with E-state index in [4.69, 9.17) is 0 Å². The fraction of sp³-hybridized carbons (Fsp3) is 0.600. The van der Waals surface area contributed by atoms with E-state index >= 15 is 0 Å². The highest BCUT2D eigenvalue weighted by Gasteiger charge is 2.11. The van der Waals surface area contributed by atoms with E-state index in [0.29, 0.717) is 12.5 Å². The zero-order valence-electron chi connectivity index (χ0n) is 10.9. The quantitative estimate of drug-likeness (QED) is 0.818. The second-order valence-corrected chi connectivity index (χ2v) is 5.40. The number of benzene rings is 1. The molecule has 0 radical (unpaired) electrons. The molecule has 0 saturated heterocycles. The Hall–Kier alpha value is -0.860. The summed E-state index contributed by atoms with van der Waals surface area (Å²) in [6, 6.07) is 6.79. The number of aliphatic hydroxyl groups is 1. The first kappa shape index (κ1) is 12.6. The number of aliphatic hydroxyl groups excluding tert-OH is 1. The van der Waals surface area contributed by atoms with E-state index in [1.54, 1.807) is 0 Å². The van der Waals surface area contributed by atoms with Crippen molar-refractivity contribution in [1.82, 2.24) is 5.32 Å². The molecule has 0 aromatic heterocycles. The molecule has 0 heterocycles. The highest BCUT2D eigenvalue weighted by molar-refractivity contribution is 5.35. The number of nitrogens with one attached hydrogen (secondary N) is 1. The van der Waals surface area contributed by atoms with Gasteiger partial charge in [0, 0.05) is 13.1 Å². The summed E-state index contributed by atoms with van der Waals surface area (Å²) < 4.78 is 0. The summed E-state index contributed by atoms with van der Waals surface area (Å²) in [5, 5.41) is 13.0. The third-order valence-electron chi connectivity index (χ3n) is 3.62. The molecule has 17 heavy (non-hydrogen) atoms. The van der Waals surface area contributed by atoms with Gasteiger partial charge in [0.2, 0.25) is 0 Å². The third-order valence-corrected chi connectivity index (χ3v) is 3.62. The average molecular weight is 233 g/mol. The minimum atomic E-state index is -0.246. The monoisotopic (exact) mass is 233 g/mol. The number of rotatable bonds is 5. The highest BCUT2D eigenvalue weighted by atomic mass is 16.3. The lowest BCUT2D eigenvalue weighted by Crippen LogP contribution is -2.30. The summed E-state index contributed by atoms with van der Waals surface area (Å²) in [5.74, 6) is 0.322. The molecule has 2 N–H and O–H groups in total. The maximum atomic E-state index is 9.70. The van der Waals surface area contributed by atoms with Crippen molar-refractivity contribution in [2.45, 2.75) is 45.8 Å². The normalized spacial score (nSPS) is 16.2. The van der Waals surface area contributed by atoms with Crippen molar-refractivity contribution in [2.75, 3.05) is 6.54 Å². The van der Waals surface area contributed by atoms with Crippen LogP contribution in [0.1, 0.15) is 37.0 Å². The number of hydrogen-bond donors (Lipinski definition) is 2. The summed E-state index contributed by atoms with van der Waals surface area (Å²) >= 11 is 0. The molecule has 1 aliphatic rings. The Morgan fingerprint density at radius 1 is 1.24 bits per heavy atom. The van der Waals surface area contributed by atoms with Gasteiger partial charge in [-0.05, 0) is 41.9 Å². The Bertz CT molecular complexity index is 373. The van der Waals surface area contributed by atoms with Crippen molar-refractivity contribution in [1.29, 1.82) is 0 Å². The molecule has 1 aromatic rings. The molecular weight excluding hydrogens is 210 g/mol. The van der Waals surface area contributed by atoms with E-state index in [0.717, 1.165) is 6.54 Å². The van der Waals surface area contributed by atoms with Crippen molar-refractivity contribution in [3.63, 3.8) is 0 Å². The lowest BCUT2D eigenvalue weighted by molar-refractivity contribution is 0.123. The molecule has 0 spiro atoms. The van der Waals surface area contributed by atoms with Crippen LogP contribution < -0.4 is 5.32 Å². The predicted octanol–water partition coefficient (Wildman–Crippen LogP) is 2.28. The lowest BCUT2D eigenvalue weighted by Gasteiger charge is -2.15. The molecule has 1 aliphatic carbocycles. The van der Waals surface area contributed by atoms with Gasteiger partial charge in [0.25, 0.3) is 0 Å². The van der Waals surface area contributed by atoms with E-state index in [2.05, 4.69) is 23.5 Å². The van der Waals surface area contributed by atoms with Crippen LogP contribution in [0.25, 0.3) is 0 Å². The van der Waals surface area contributed by atoms with Crippen molar-refractivity contribution >= 4 is 0 Å². The Kier molecular flexibility index (Phi) is 4.19. The maximum Gasteiger partial charge on any atom is 0.0687 e. The second kappa shape index (κ2) is 5.65. The van der Waals surface area contributed by atoms with Gasteiger partial charge in [-0.2, -0.15) is 0 Å². The lowest BCUT2D eigenvalue weighted by atomic mass is 10.1. The van der Waals surface area contributed by atoms with Gasteiger partial charge >= 0.3 is 0 Å². The first-order valence-electron chi connectivity index (χ1n) is 6.66. The van der Waals surface area contributed by atoms with E-state index in [1.165, 1.54) is 36.0 Å². The summed E-state index contributed by atoms with van der Waals surface area (Å²) in [6.45, 7) is 5.62. The van der Waals surface area contributed by atoms with Crippen LogP contribution in [0.4, 0.5) is 0 Å². The number of fused-ring (bicyclic) bond motifs is 1. The molecule has 1 aromatic carbocycles. The molecule has 0 bridgehead atoms. The minimum Gasteiger partial charge on any atom is -0.392 e. The van der Waals surface area contributed by atoms with Crippen molar-refractivity contribution < 1.29 is 5.11 Å². The van der Waals surface area contributed by atoms with E-state index in [-0.39, 0.29) is 6.10 Å². The summed E-state index contributed by atoms with van der Waals surface area (Å²) in [5.41, 5.74) is 4.38. The van der Waals surface area contributed by atoms with Crippen LogP contribution >= 0.6 is 0 Å². The van der Waals surface area contributed by atoms with Crippen LogP contribution in [0.2, 0.25) is 0 Å². The fourth-order valence-electron chi connectivity index (χ4n) is 2.34. The topological polar surface area (TPSA) is 32.3 Å². The zero-order chi connectivity index (χ0) is 12.3.